The monoisotopic (exact) mass is 435 g/mol. The SMILES string of the molecule is O=C(Nc1ccccc1Nc1ccccc1)C1CCN(C(=O)c2ccc(F)cc2F)CC1. The zero-order chi connectivity index (χ0) is 22.5. The van der Waals surface area contributed by atoms with Crippen LogP contribution in [0.2, 0.25) is 0 Å². The molecular formula is C25H23F2N3O2. The van der Waals surface area contributed by atoms with E-state index in [9.17, 15) is 18.4 Å². The van der Waals surface area contributed by atoms with Gasteiger partial charge in [-0.05, 0) is 49.2 Å². The van der Waals surface area contributed by atoms with Crippen molar-refractivity contribution in [3.05, 3.63) is 90.0 Å². The standard InChI is InChI=1S/C25H23F2N3O2/c26-18-10-11-20(21(27)16-18)25(32)30-14-12-17(13-15-30)24(31)29-23-9-5-4-8-22(23)28-19-6-2-1-3-7-19/h1-11,16-17,28H,12-15H2,(H,29,31). The predicted octanol–water partition coefficient (Wildman–Crippen LogP) is 5.20. The van der Waals surface area contributed by atoms with Crippen LogP contribution in [0.5, 0.6) is 0 Å². The summed E-state index contributed by atoms with van der Waals surface area (Å²) in [4.78, 5) is 26.9. The van der Waals surface area contributed by atoms with E-state index in [1.165, 1.54) is 4.90 Å². The summed E-state index contributed by atoms with van der Waals surface area (Å²) in [7, 11) is 0. The first kappa shape index (κ1) is 21.5. The number of hydrogen-bond donors (Lipinski definition) is 2. The highest BCUT2D eigenvalue weighted by molar-refractivity contribution is 5.97. The minimum Gasteiger partial charge on any atom is -0.354 e. The molecule has 0 aliphatic carbocycles. The zero-order valence-corrected chi connectivity index (χ0v) is 17.4. The van der Waals surface area contributed by atoms with Gasteiger partial charge in [0.15, 0.2) is 0 Å². The average molecular weight is 435 g/mol. The Morgan fingerprint density at radius 1 is 0.844 bits per heavy atom. The van der Waals surface area contributed by atoms with Crippen molar-refractivity contribution in [3.63, 3.8) is 0 Å². The molecule has 0 saturated carbocycles. The fourth-order valence-corrected chi connectivity index (χ4v) is 3.79. The maximum absolute atomic E-state index is 13.9. The highest BCUT2D eigenvalue weighted by Gasteiger charge is 2.29. The van der Waals surface area contributed by atoms with Crippen molar-refractivity contribution in [1.82, 2.24) is 4.90 Å². The summed E-state index contributed by atoms with van der Waals surface area (Å²) in [5, 5.41) is 6.29. The molecular weight excluding hydrogens is 412 g/mol. The first-order valence-corrected chi connectivity index (χ1v) is 10.5. The number of benzene rings is 3. The Balaban J connectivity index is 1.37. The predicted molar refractivity (Wildman–Crippen MR) is 120 cm³/mol. The molecule has 2 N–H and O–H groups in total. The van der Waals surface area contributed by atoms with Gasteiger partial charge in [-0.2, -0.15) is 0 Å². The van der Waals surface area contributed by atoms with Crippen LogP contribution in [0.4, 0.5) is 25.8 Å². The van der Waals surface area contributed by atoms with E-state index in [2.05, 4.69) is 10.6 Å². The molecule has 0 spiro atoms. The van der Waals surface area contributed by atoms with Gasteiger partial charge in [0.05, 0.1) is 16.9 Å². The maximum Gasteiger partial charge on any atom is 0.256 e. The number of nitrogens with zero attached hydrogens (tertiary/aromatic N) is 1. The molecule has 1 aliphatic rings. The van der Waals surface area contributed by atoms with Gasteiger partial charge in [-0.15, -0.1) is 0 Å². The Morgan fingerprint density at radius 3 is 2.19 bits per heavy atom. The number of nitrogens with one attached hydrogen (secondary N) is 2. The molecule has 0 unspecified atom stereocenters. The van der Waals surface area contributed by atoms with Gasteiger partial charge in [-0.3, -0.25) is 9.59 Å². The molecule has 32 heavy (non-hydrogen) atoms. The number of likely N-dealkylation sites (tertiary alicyclic amines) is 1. The average Bonchev–Trinajstić information content (AvgIpc) is 2.81. The molecule has 1 saturated heterocycles. The van der Waals surface area contributed by atoms with Crippen LogP contribution >= 0.6 is 0 Å². The van der Waals surface area contributed by atoms with E-state index in [-0.39, 0.29) is 17.4 Å². The summed E-state index contributed by atoms with van der Waals surface area (Å²) in [5.74, 6) is -2.47. The number of para-hydroxylation sites is 3. The number of rotatable bonds is 5. The van der Waals surface area contributed by atoms with Gasteiger partial charge in [-0.25, -0.2) is 8.78 Å². The van der Waals surface area contributed by atoms with Crippen molar-refractivity contribution < 1.29 is 18.4 Å². The van der Waals surface area contributed by atoms with Crippen LogP contribution in [-0.2, 0) is 4.79 Å². The Hall–Kier alpha value is -3.74. The summed E-state index contributed by atoms with van der Waals surface area (Å²) in [6.07, 6.45) is 0.934. The third kappa shape index (κ3) is 4.94. The van der Waals surface area contributed by atoms with Crippen molar-refractivity contribution in [2.45, 2.75) is 12.8 Å². The summed E-state index contributed by atoms with van der Waals surface area (Å²) >= 11 is 0. The highest BCUT2D eigenvalue weighted by atomic mass is 19.1. The molecule has 7 heteroatoms. The Kier molecular flexibility index (Phi) is 6.44. The number of carbonyl (C=O) groups excluding carboxylic acids is 2. The largest absolute Gasteiger partial charge is 0.354 e. The number of anilines is 3. The number of halogens is 2. The maximum atomic E-state index is 13.9. The van der Waals surface area contributed by atoms with E-state index in [1.54, 1.807) is 0 Å². The number of amides is 2. The van der Waals surface area contributed by atoms with Crippen LogP contribution in [0.1, 0.15) is 23.2 Å². The minimum atomic E-state index is -0.877. The quantitative estimate of drug-likeness (QED) is 0.579. The van der Waals surface area contributed by atoms with E-state index < -0.39 is 17.5 Å². The first-order chi connectivity index (χ1) is 15.5. The molecule has 2 amide bonds. The molecule has 4 rings (SSSR count). The van der Waals surface area contributed by atoms with Gasteiger partial charge in [0.25, 0.3) is 5.91 Å². The molecule has 3 aromatic rings. The highest BCUT2D eigenvalue weighted by Crippen LogP contribution is 2.27. The van der Waals surface area contributed by atoms with Gasteiger partial charge < -0.3 is 15.5 Å². The molecule has 0 bridgehead atoms. The zero-order valence-electron chi connectivity index (χ0n) is 17.4. The Morgan fingerprint density at radius 2 is 1.50 bits per heavy atom. The smallest absolute Gasteiger partial charge is 0.256 e. The van der Waals surface area contributed by atoms with Crippen LogP contribution < -0.4 is 10.6 Å². The summed E-state index contributed by atoms with van der Waals surface area (Å²) < 4.78 is 27.0. The Bertz CT molecular complexity index is 1110. The molecule has 1 aliphatic heterocycles. The minimum absolute atomic E-state index is 0.118. The lowest BCUT2D eigenvalue weighted by Gasteiger charge is -2.31. The van der Waals surface area contributed by atoms with Gasteiger partial charge in [0, 0.05) is 30.8 Å². The van der Waals surface area contributed by atoms with E-state index in [0.29, 0.717) is 37.7 Å². The fourth-order valence-electron chi connectivity index (χ4n) is 3.79. The van der Waals surface area contributed by atoms with Crippen LogP contribution in [-0.4, -0.2) is 29.8 Å². The Labute approximate surface area is 185 Å². The van der Waals surface area contributed by atoms with Crippen LogP contribution in [0.3, 0.4) is 0 Å². The van der Waals surface area contributed by atoms with Crippen molar-refractivity contribution in [2.75, 3.05) is 23.7 Å². The number of piperidine rings is 1. The lowest BCUT2D eigenvalue weighted by atomic mass is 9.95. The lowest BCUT2D eigenvalue weighted by molar-refractivity contribution is -0.121. The van der Waals surface area contributed by atoms with Crippen molar-refractivity contribution >= 4 is 28.9 Å². The first-order valence-electron chi connectivity index (χ1n) is 10.5. The third-order valence-corrected chi connectivity index (χ3v) is 5.55. The second-order valence-electron chi connectivity index (χ2n) is 7.72. The second-order valence-corrected chi connectivity index (χ2v) is 7.72. The molecule has 0 aromatic heterocycles. The topological polar surface area (TPSA) is 61.4 Å². The van der Waals surface area contributed by atoms with Gasteiger partial charge in [0.2, 0.25) is 5.91 Å². The molecule has 0 radical (unpaired) electrons. The fraction of sp³-hybridized carbons (Fsp3) is 0.200. The van der Waals surface area contributed by atoms with Crippen LogP contribution in [0.25, 0.3) is 0 Å². The molecule has 1 fully saturated rings. The number of carbonyl (C=O) groups is 2. The summed E-state index contributed by atoms with van der Waals surface area (Å²) in [6.45, 7) is 0.662. The van der Waals surface area contributed by atoms with Gasteiger partial charge in [-0.1, -0.05) is 30.3 Å². The third-order valence-electron chi connectivity index (χ3n) is 5.55. The number of hydrogen-bond acceptors (Lipinski definition) is 3. The van der Waals surface area contributed by atoms with E-state index >= 15 is 0 Å². The molecule has 3 aromatic carbocycles. The van der Waals surface area contributed by atoms with Gasteiger partial charge in [0.1, 0.15) is 11.6 Å². The van der Waals surface area contributed by atoms with Crippen molar-refractivity contribution in [2.24, 2.45) is 5.92 Å². The van der Waals surface area contributed by atoms with Gasteiger partial charge >= 0.3 is 0 Å². The second kappa shape index (κ2) is 9.60. The van der Waals surface area contributed by atoms with E-state index in [0.717, 1.165) is 23.5 Å². The van der Waals surface area contributed by atoms with Crippen molar-refractivity contribution in [3.8, 4) is 0 Å². The van der Waals surface area contributed by atoms with Crippen LogP contribution in [0, 0.1) is 17.6 Å². The normalized spacial score (nSPS) is 14.1. The molecule has 1 heterocycles. The van der Waals surface area contributed by atoms with Crippen LogP contribution in [0.15, 0.2) is 72.8 Å². The van der Waals surface area contributed by atoms with E-state index in [4.69, 9.17) is 0 Å². The molecule has 164 valence electrons. The summed E-state index contributed by atoms with van der Waals surface area (Å²) in [5.41, 5.74) is 2.21. The molecule has 5 nitrogen and oxygen atoms in total. The summed E-state index contributed by atoms with van der Waals surface area (Å²) in [6, 6.07) is 20.1. The van der Waals surface area contributed by atoms with Crippen molar-refractivity contribution in [1.29, 1.82) is 0 Å². The lowest BCUT2D eigenvalue weighted by Crippen LogP contribution is -2.41. The van der Waals surface area contributed by atoms with E-state index in [1.807, 2.05) is 54.6 Å². The molecule has 0 atom stereocenters.